The molecule has 0 aromatic heterocycles. The largest absolute Gasteiger partial charge is 0.494 e. The van der Waals surface area contributed by atoms with Crippen LogP contribution in [0, 0.1) is 5.82 Å². The van der Waals surface area contributed by atoms with E-state index in [0.717, 1.165) is 0 Å². The van der Waals surface area contributed by atoms with Crippen molar-refractivity contribution in [2.75, 3.05) is 7.11 Å². The van der Waals surface area contributed by atoms with Gasteiger partial charge in [0.25, 0.3) is 0 Å². The number of benzene rings is 1. The van der Waals surface area contributed by atoms with Crippen LogP contribution in [0.1, 0.15) is 20.3 Å². The lowest BCUT2D eigenvalue weighted by atomic mass is 10.1. The summed E-state index contributed by atoms with van der Waals surface area (Å²) in [6.07, 6.45) is -0.146. The number of carboxylic acids is 1. The fourth-order valence-corrected chi connectivity index (χ4v) is 1.42. The average Bonchev–Trinajstić information content (AvgIpc) is 2.18. The molecule has 0 radical (unpaired) electrons. The molecule has 0 aliphatic heterocycles. The molecule has 0 saturated carbocycles. The lowest BCUT2D eigenvalue weighted by Gasteiger charge is -2.24. The summed E-state index contributed by atoms with van der Waals surface area (Å²) in [4.78, 5) is 10.6. The second-order valence-electron chi connectivity index (χ2n) is 4.23. The number of methoxy groups -OCH3 is 1. The Bertz CT molecular complexity index is 415. The summed E-state index contributed by atoms with van der Waals surface area (Å²) in [5.41, 5.74) is -0.866. The molecule has 5 heteroatoms. The van der Waals surface area contributed by atoms with Crippen LogP contribution in [0.5, 0.6) is 11.5 Å². The van der Waals surface area contributed by atoms with Gasteiger partial charge in [-0.25, -0.2) is 4.39 Å². The number of rotatable bonds is 5. The van der Waals surface area contributed by atoms with Crippen molar-refractivity contribution >= 4 is 5.97 Å². The SMILES string of the molecule is COc1cc(OC(C)(C)CC(=O)O)ccc1F. The summed E-state index contributed by atoms with van der Waals surface area (Å²) in [5, 5.41) is 8.71. The molecule has 4 nitrogen and oxygen atoms in total. The maximum Gasteiger partial charge on any atom is 0.307 e. The van der Waals surface area contributed by atoms with Crippen LogP contribution in [0.3, 0.4) is 0 Å². The van der Waals surface area contributed by atoms with E-state index >= 15 is 0 Å². The molecule has 0 fully saturated rings. The molecule has 0 atom stereocenters. The maximum atomic E-state index is 13.1. The lowest BCUT2D eigenvalue weighted by Crippen LogP contribution is -2.31. The zero-order valence-electron chi connectivity index (χ0n) is 9.99. The Kier molecular flexibility index (Phi) is 3.93. The quantitative estimate of drug-likeness (QED) is 0.861. The summed E-state index contributed by atoms with van der Waals surface area (Å²) in [5.74, 6) is -1.01. The van der Waals surface area contributed by atoms with Crippen LogP contribution in [0.25, 0.3) is 0 Å². The number of carbonyl (C=O) groups is 1. The highest BCUT2D eigenvalue weighted by atomic mass is 19.1. The molecule has 94 valence electrons. The Morgan fingerprint density at radius 3 is 2.65 bits per heavy atom. The van der Waals surface area contributed by atoms with Crippen molar-refractivity contribution in [3.63, 3.8) is 0 Å². The normalized spacial score (nSPS) is 11.1. The van der Waals surface area contributed by atoms with Gasteiger partial charge in [-0.05, 0) is 26.0 Å². The molecule has 0 spiro atoms. The van der Waals surface area contributed by atoms with Crippen LogP contribution in [0.2, 0.25) is 0 Å². The number of hydrogen-bond acceptors (Lipinski definition) is 3. The molecule has 1 aromatic carbocycles. The van der Waals surface area contributed by atoms with Gasteiger partial charge in [-0.2, -0.15) is 0 Å². The summed E-state index contributed by atoms with van der Waals surface area (Å²) >= 11 is 0. The molecule has 0 aliphatic rings. The Morgan fingerprint density at radius 2 is 2.12 bits per heavy atom. The average molecular weight is 242 g/mol. The van der Waals surface area contributed by atoms with Crippen molar-refractivity contribution in [2.24, 2.45) is 0 Å². The van der Waals surface area contributed by atoms with Gasteiger partial charge in [0.1, 0.15) is 11.4 Å². The number of halogens is 1. The third kappa shape index (κ3) is 3.94. The van der Waals surface area contributed by atoms with Crippen LogP contribution in [-0.2, 0) is 4.79 Å². The van der Waals surface area contributed by atoms with Crippen molar-refractivity contribution in [2.45, 2.75) is 25.9 Å². The fraction of sp³-hybridized carbons (Fsp3) is 0.417. The van der Waals surface area contributed by atoms with Crippen molar-refractivity contribution in [1.82, 2.24) is 0 Å². The van der Waals surface area contributed by atoms with E-state index in [2.05, 4.69) is 0 Å². The van der Waals surface area contributed by atoms with Gasteiger partial charge in [0.05, 0.1) is 13.5 Å². The predicted molar refractivity (Wildman–Crippen MR) is 59.9 cm³/mol. The van der Waals surface area contributed by atoms with E-state index in [0.29, 0.717) is 5.75 Å². The molecule has 0 amide bonds. The second kappa shape index (κ2) is 5.03. The van der Waals surface area contributed by atoms with Crippen molar-refractivity contribution < 1.29 is 23.8 Å². The first-order chi connectivity index (χ1) is 7.84. The van der Waals surface area contributed by atoms with Gasteiger partial charge in [-0.1, -0.05) is 0 Å². The minimum Gasteiger partial charge on any atom is -0.494 e. The standard InChI is InChI=1S/C12H15FO4/c1-12(2,7-11(14)15)17-8-4-5-9(13)10(6-8)16-3/h4-6H,7H2,1-3H3,(H,14,15). The van der Waals surface area contributed by atoms with Crippen LogP contribution >= 0.6 is 0 Å². The Morgan fingerprint density at radius 1 is 1.47 bits per heavy atom. The van der Waals surface area contributed by atoms with Gasteiger partial charge >= 0.3 is 5.97 Å². The molecule has 0 unspecified atom stereocenters. The molecular weight excluding hydrogens is 227 g/mol. The van der Waals surface area contributed by atoms with Crippen molar-refractivity contribution in [3.8, 4) is 11.5 Å². The molecule has 1 aromatic rings. The van der Waals surface area contributed by atoms with Gasteiger partial charge in [-0.15, -0.1) is 0 Å². The Hall–Kier alpha value is -1.78. The highest BCUT2D eigenvalue weighted by molar-refractivity contribution is 5.68. The highest BCUT2D eigenvalue weighted by Crippen LogP contribution is 2.27. The zero-order valence-corrected chi connectivity index (χ0v) is 9.99. The van der Waals surface area contributed by atoms with Crippen molar-refractivity contribution in [3.05, 3.63) is 24.0 Å². The van der Waals surface area contributed by atoms with Gasteiger partial charge in [0.2, 0.25) is 0 Å². The smallest absolute Gasteiger partial charge is 0.307 e. The van der Waals surface area contributed by atoms with E-state index in [1.807, 2.05) is 0 Å². The van der Waals surface area contributed by atoms with Gasteiger partial charge in [-0.3, -0.25) is 4.79 Å². The number of carboxylic acid groups (broad SMARTS) is 1. The Balaban J connectivity index is 2.84. The molecule has 0 aliphatic carbocycles. The lowest BCUT2D eigenvalue weighted by molar-refractivity contribution is -0.140. The number of aliphatic carboxylic acids is 1. The molecule has 0 saturated heterocycles. The zero-order chi connectivity index (χ0) is 13.1. The van der Waals surface area contributed by atoms with Gasteiger partial charge in [0.15, 0.2) is 11.6 Å². The van der Waals surface area contributed by atoms with Gasteiger partial charge < -0.3 is 14.6 Å². The first-order valence-corrected chi connectivity index (χ1v) is 5.08. The van der Waals surface area contributed by atoms with E-state index in [9.17, 15) is 9.18 Å². The van der Waals surface area contributed by atoms with E-state index in [1.165, 1.54) is 25.3 Å². The molecule has 17 heavy (non-hydrogen) atoms. The topological polar surface area (TPSA) is 55.8 Å². The summed E-state index contributed by atoms with van der Waals surface area (Å²) < 4.78 is 23.4. The summed E-state index contributed by atoms with van der Waals surface area (Å²) in [6.45, 7) is 3.30. The third-order valence-electron chi connectivity index (χ3n) is 2.09. The molecule has 0 heterocycles. The van der Waals surface area contributed by atoms with E-state index in [-0.39, 0.29) is 12.2 Å². The molecule has 1 N–H and O–H groups in total. The molecule has 1 rings (SSSR count). The monoisotopic (exact) mass is 242 g/mol. The fourth-order valence-electron chi connectivity index (χ4n) is 1.42. The van der Waals surface area contributed by atoms with Crippen LogP contribution in [0.15, 0.2) is 18.2 Å². The maximum absolute atomic E-state index is 13.1. The van der Waals surface area contributed by atoms with E-state index < -0.39 is 17.4 Å². The van der Waals surface area contributed by atoms with Crippen LogP contribution in [0.4, 0.5) is 4.39 Å². The van der Waals surface area contributed by atoms with Crippen molar-refractivity contribution in [1.29, 1.82) is 0 Å². The van der Waals surface area contributed by atoms with Gasteiger partial charge in [0, 0.05) is 6.07 Å². The summed E-state index contributed by atoms with van der Waals surface area (Å²) in [6, 6.07) is 4.03. The Labute approximate surface area is 99.0 Å². The van der Waals surface area contributed by atoms with E-state index in [1.54, 1.807) is 13.8 Å². The van der Waals surface area contributed by atoms with E-state index in [4.69, 9.17) is 14.6 Å². The minimum atomic E-state index is -0.955. The molecule has 0 bridgehead atoms. The third-order valence-corrected chi connectivity index (χ3v) is 2.09. The summed E-state index contributed by atoms with van der Waals surface area (Å²) in [7, 11) is 1.35. The minimum absolute atomic E-state index is 0.0635. The van der Waals surface area contributed by atoms with Crippen LogP contribution in [-0.4, -0.2) is 23.8 Å². The predicted octanol–water partition coefficient (Wildman–Crippen LogP) is 2.47. The second-order valence-corrected chi connectivity index (χ2v) is 4.23. The first kappa shape index (κ1) is 13.3. The number of hydrogen-bond donors (Lipinski definition) is 1. The van der Waals surface area contributed by atoms with Crippen LogP contribution < -0.4 is 9.47 Å². The molecular formula is C12H15FO4. The number of ether oxygens (including phenoxy) is 2. The highest BCUT2D eigenvalue weighted by Gasteiger charge is 2.24. The first-order valence-electron chi connectivity index (χ1n) is 5.08.